The highest BCUT2D eigenvalue weighted by molar-refractivity contribution is 6.59. The predicted octanol–water partition coefficient (Wildman–Crippen LogP) is -0.927. The van der Waals surface area contributed by atoms with Crippen LogP contribution < -0.4 is 5.73 Å². The first kappa shape index (κ1) is 5.72. The molecule has 0 saturated heterocycles. The van der Waals surface area contributed by atoms with Gasteiger partial charge in [-0.15, -0.1) is 11.6 Å². The summed E-state index contributed by atoms with van der Waals surface area (Å²) in [5.41, 5.74) is 5.05. The van der Waals surface area contributed by atoms with Crippen molar-refractivity contribution < 1.29 is 9.59 Å². The van der Waals surface area contributed by atoms with E-state index in [4.69, 9.17) is 17.3 Å². The van der Waals surface area contributed by atoms with Crippen molar-refractivity contribution in [1.29, 1.82) is 0 Å². The van der Waals surface area contributed by atoms with Gasteiger partial charge in [-0.05, 0) is 0 Å². The number of hydrogen-bond acceptors (Lipinski definition) is 3. The predicted molar refractivity (Wildman–Crippen MR) is 27.6 cm³/mol. The molecule has 0 aromatic rings. The maximum absolute atomic E-state index is 10.2. The Kier molecular flexibility index (Phi) is 1.10. The summed E-state index contributed by atoms with van der Waals surface area (Å²) in [6, 6.07) is -0.746. The molecule has 1 aliphatic carbocycles. The molecule has 0 amide bonds. The van der Waals surface area contributed by atoms with E-state index in [0.29, 0.717) is 0 Å². The molecule has 8 heavy (non-hydrogen) atoms. The number of alkyl halides is 1. The largest absolute Gasteiger partial charge is 0.319 e. The Morgan fingerprint density at radius 1 is 1.38 bits per heavy atom. The minimum atomic E-state index is -0.762. The highest BCUT2D eigenvalue weighted by atomic mass is 35.5. The van der Waals surface area contributed by atoms with Crippen LogP contribution in [0.1, 0.15) is 0 Å². The van der Waals surface area contributed by atoms with Crippen LogP contribution in [0.15, 0.2) is 0 Å². The molecular formula is C4H4ClNO2. The minimum absolute atomic E-state index is 0.551. The van der Waals surface area contributed by atoms with E-state index in [2.05, 4.69) is 0 Å². The van der Waals surface area contributed by atoms with Gasteiger partial charge < -0.3 is 5.73 Å². The fourth-order valence-electron chi connectivity index (χ4n) is 0.500. The number of ketones is 2. The normalized spacial score (nSPS) is 37.2. The lowest BCUT2D eigenvalue weighted by Gasteiger charge is -2.23. The van der Waals surface area contributed by atoms with Crippen LogP contribution in [0, 0.1) is 0 Å². The lowest BCUT2D eigenvalue weighted by atomic mass is 9.90. The zero-order valence-electron chi connectivity index (χ0n) is 3.93. The second-order valence-corrected chi connectivity index (χ2v) is 2.13. The fraction of sp³-hybridized carbons (Fsp3) is 0.500. The molecule has 2 atom stereocenters. The molecule has 0 bridgehead atoms. The van der Waals surface area contributed by atoms with Crippen molar-refractivity contribution in [2.45, 2.75) is 11.4 Å². The average molecular weight is 134 g/mol. The first-order valence-electron chi connectivity index (χ1n) is 2.12. The Bertz CT molecular complexity index is 138. The van der Waals surface area contributed by atoms with Crippen LogP contribution in [0.5, 0.6) is 0 Å². The van der Waals surface area contributed by atoms with Crippen molar-refractivity contribution in [1.82, 2.24) is 0 Å². The minimum Gasteiger partial charge on any atom is -0.319 e. The average Bonchev–Trinajstić information content (AvgIpc) is 1.83. The summed E-state index contributed by atoms with van der Waals surface area (Å²) in [6.07, 6.45) is 0. The Morgan fingerprint density at radius 2 is 1.88 bits per heavy atom. The van der Waals surface area contributed by atoms with E-state index in [9.17, 15) is 9.59 Å². The van der Waals surface area contributed by atoms with E-state index in [0.717, 1.165) is 0 Å². The maximum Gasteiger partial charge on any atom is 0.219 e. The van der Waals surface area contributed by atoms with Crippen LogP contribution in [0.3, 0.4) is 0 Å². The van der Waals surface area contributed by atoms with Crippen LogP contribution in [0.2, 0.25) is 0 Å². The van der Waals surface area contributed by atoms with Crippen LogP contribution in [-0.2, 0) is 9.59 Å². The van der Waals surface area contributed by atoms with Gasteiger partial charge in [-0.1, -0.05) is 0 Å². The lowest BCUT2D eigenvalue weighted by Crippen LogP contribution is -2.59. The van der Waals surface area contributed by atoms with Gasteiger partial charge in [-0.2, -0.15) is 0 Å². The summed E-state index contributed by atoms with van der Waals surface area (Å²) < 4.78 is 0. The highest BCUT2D eigenvalue weighted by Crippen LogP contribution is 2.15. The van der Waals surface area contributed by atoms with Gasteiger partial charge in [-0.3, -0.25) is 9.59 Å². The molecule has 2 unspecified atom stereocenters. The number of rotatable bonds is 0. The molecule has 0 radical (unpaired) electrons. The van der Waals surface area contributed by atoms with Gasteiger partial charge in [-0.25, -0.2) is 0 Å². The van der Waals surface area contributed by atoms with Gasteiger partial charge in [0.25, 0.3) is 0 Å². The zero-order valence-corrected chi connectivity index (χ0v) is 4.68. The maximum atomic E-state index is 10.2. The quantitative estimate of drug-likeness (QED) is 0.343. The topological polar surface area (TPSA) is 60.2 Å². The third kappa shape index (κ3) is 0.485. The first-order valence-corrected chi connectivity index (χ1v) is 2.56. The summed E-state index contributed by atoms with van der Waals surface area (Å²) in [5, 5.41) is -0.762. The molecule has 1 aliphatic rings. The van der Waals surface area contributed by atoms with Crippen LogP contribution in [-0.4, -0.2) is 23.0 Å². The molecule has 1 rings (SSSR count). The van der Waals surface area contributed by atoms with Gasteiger partial charge in [0.2, 0.25) is 11.6 Å². The number of Topliss-reactive ketones (excluding diaryl/α,β-unsaturated/α-hetero) is 2. The van der Waals surface area contributed by atoms with Gasteiger partial charge in [0, 0.05) is 0 Å². The van der Waals surface area contributed by atoms with Crippen LogP contribution in [0.25, 0.3) is 0 Å². The van der Waals surface area contributed by atoms with Crippen LogP contribution in [0.4, 0.5) is 0 Å². The number of carbonyl (C=O) groups excluding carboxylic acids is 2. The number of halogens is 1. The van der Waals surface area contributed by atoms with E-state index in [-0.39, 0.29) is 0 Å². The summed E-state index contributed by atoms with van der Waals surface area (Å²) in [5.74, 6) is -1.11. The van der Waals surface area contributed by atoms with E-state index in [1.165, 1.54) is 0 Å². The molecule has 44 valence electrons. The van der Waals surface area contributed by atoms with E-state index in [1.807, 2.05) is 0 Å². The fourth-order valence-corrected chi connectivity index (χ4v) is 0.722. The molecular weight excluding hydrogens is 130 g/mol. The summed E-state index contributed by atoms with van der Waals surface area (Å²) in [4.78, 5) is 20.4. The van der Waals surface area contributed by atoms with E-state index < -0.39 is 23.0 Å². The van der Waals surface area contributed by atoms with E-state index in [1.54, 1.807) is 0 Å². The van der Waals surface area contributed by atoms with Gasteiger partial charge in [0.1, 0.15) is 5.38 Å². The molecule has 0 heterocycles. The monoisotopic (exact) mass is 133 g/mol. The van der Waals surface area contributed by atoms with Gasteiger partial charge in [0.15, 0.2) is 0 Å². The third-order valence-corrected chi connectivity index (χ3v) is 1.58. The molecule has 4 heteroatoms. The Labute approximate surface area is 50.8 Å². The molecule has 0 aromatic carbocycles. The molecule has 0 aromatic heterocycles. The third-order valence-electron chi connectivity index (χ3n) is 1.11. The van der Waals surface area contributed by atoms with Crippen molar-refractivity contribution in [3.05, 3.63) is 0 Å². The number of carbonyl (C=O) groups is 2. The van der Waals surface area contributed by atoms with Crippen molar-refractivity contribution in [3.8, 4) is 0 Å². The van der Waals surface area contributed by atoms with Gasteiger partial charge in [0.05, 0.1) is 6.04 Å². The SMILES string of the molecule is NC1C(=O)C(=O)C1Cl. The number of nitrogens with two attached hydrogens (primary N) is 1. The second-order valence-electron chi connectivity index (χ2n) is 1.66. The first-order chi connectivity index (χ1) is 3.64. The van der Waals surface area contributed by atoms with Crippen molar-refractivity contribution in [2.75, 3.05) is 0 Å². The second kappa shape index (κ2) is 1.53. The molecule has 1 saturated carbocycles. The molecule has 3 nitrogen and oxygen atoms in total. The molecule has 0 spiro atoms. The molecule has 1 fully saturated rings. The van der Waals surface area contributed by atoms with E-state index >= 15 is 0 Å². The van der Waals surface area contributed by atoms with Crippen molar-refractivity contribution in [2.24, 2.45) is 5.73 Å². The Morgan fingerprint density at radius 3 is 2.00 bits per heavy atom. The van der Waals surface area contributed by atoms with Crippen molar-refractivity contribution in [3.63, 3.8) is 0 Å². The van der Waals surface area contributed by atoms with Crippen LogP contribution >= 0.6 is 11.6 Å². The van der Waals surface area contributed by atoms with Crippen molar-refractivity contribution >= 4 is 23.2 Å². The Balaban J connectivity index is 2.68. The standard InChI is InChI=1S/C4H4ClNO2/c5-1-2(6)4(8)3(1)7/h1-2H,6H2. The zero-order chi connectivity index (χ0) is 6.31. The molecule has 0 aliphatic heterocycles. The lowest BCUT2D eigenvalue weighted by molar-refractivity contribution is -0.143. The molecule has 2 N–H and O–H groups in total. The smallest absolute Gasteiger partial charge is 0.219 e. The van der Waals surface area contributed by atoms with Gasteiger partial charge >= 0.3 is 0 Å². The summed E-state index contributed by atoms with van der Waals surface area (Å²) >= 11 is 5.25. The number of hydrogen-bond donors (Lipinski definition) is 1. The summed E-state index contributed by atoms with van der Waals surface area (Å²) in [7, 11) is 0. The highest BCUT2D eigenvalue weighted by Gasteiger charge is 2.45. The Hall–Kier alpha value is -0.410. The summed E-state index contributed by atoms with van der Waals surface area (Å²) in [6.45, 7) is 0.